The Hall–Kier alpha value is -3.27. The maximum Gasteiger partial charge on any atom is 0.330 e. The third-order valence-electron chi connectivity index (χ3n) is 4.33. The number of amidine groups is 1. The lowest BCUT2D eigenvalue weighted by atomic mass is 10.1. The van der Waals surface area contributed by atoms with Gasteiger partial charge in [0.1, 0.15) is 17.5 Å². The lowest BCUT2D eigenvalue weighted by molar-refractivity contribution is 0.0718. The maximum absolute atomic E-state index is 15.4. The number of benzene rings is 1. The van der Waals surface area contributed by atoms with Crippen molar-refractivity contribution in [1.29, 1.82) is 0 Å². The van der Waals surface area contributed by atoms with Crippen molar-refractivity contribution in [3.8, 4) is 0 Å². The highest BCUT2D eigenvalue weighted by Crippen LogP contribution is 2.40. The van der Waals surface area contributed by atoms with E-state index in [2.05, 4.69) is 15.2 Å². The average Bonchev–Trinajstić information content (AvgIpc) is 3.21. The highest BCUT2D eigenvalue weighted by molar-refractivity contribution is 6.05. The lowest BCUT2D eigenvalue weighted by Crippen LogP contribution is -2.51. The van der Waals surface area contributed by atoms with E-state index in [0.717, 1.165) is 29.2 Å². The number of hydrogen-bond acceptors (Lipinski definition) is 5. The molecule has 1 atom stereocenters. The minimum atomic E-state index is -3.55. The summed E-state index contributed by atoms with van der Waals surface area (Å²) >= 11 is 0. The molecule has 1 aliphatic heterocycles. The van der Waals surface area contributed by atoms with Crippen LogP contribution in [0.2, 0.25) is 0 Å². The first-order valence-corrected chi connectivity index (χ1v) is 8.05. The van der Waals surface area contributed by atoms with Crippen molar-refractivity contribution < 1.29 is 13.2 Å². The van der Waals surface area contributed by atoms with Crippen LogP contribution in [0.3, 0.4) is 0 Å². The van der Waals surface area contributed by atoms with Gasteiger partial charge in [-0.05, 0) is 43.3 Å². The molecule has 7 nitrogen and oxygen atoms in total. The third kappa shape index (κ3) is 2.65. The molecule has 10 heteroatoms. The number of halogens is 3. The van der Waals surface area contributed by atoms with Gasteiger partial charge in [-0.15, -0.1) is 0 Å². The zero-order valence-corrected chi connectivity index (χ0v) is 14.2. The van der Waals surface area contributed by atoms with Gasteiger partial charge in [-0.2, -0.15) is 13.9 Å². The minimum Gasteiger partial charge on any atom is -0.385 e. The molecule has 27 heavy (non-hydrogen) atoms. The second kappa shape index (κ2) is 5.88. The topological polar surface area (TPSA) is 101 Å². The second-order valence-corrected chi connectivity index (χ2v) is 6.20. The Bertz CT molecular complexity index is 1020. The number of nitrogens with zero attached hydrogens (tertiary/aromatic N) is 4. The van der Waals surface area contributed by atoms with Crippen LogP contribution >= 0.6 is 0 Å². The first-order valence-electron chi connectivity index (χ1n) is 8.05. The van der Waals surface area contributed by atoms with E-state index in [1.165, 1.54) is 16.7 Å². The number of H-pyrrole nitrogens is 1. The van der Waals surface area contributed by atoms with Crippen LogP contribution in [0.15, 0.2) is 47.5 Å². The fourth-order valence-corrected chi connectivity index (χ4v) is 3.02. The van der Waals surface area contributed by atoms with Crippen LogP contribution in [0.1, 0.15) is 17.5 Å². The summed E-state index contributed by atoms with van der Waals surface area (Å²) in [5, 5.41) is 6.74. The number of nitrogens with one attached hydrogen (secondary N) is 1. The second-order valence-electron chi connectivity index (χ2n) is 6.20. The standard InChI is InChI=1S/C17H16F3N7/c1-9-8-14(25-24-9)27-15(17(19,20)10-2-4-11(18)5-3-10)23-13-7-6-12(21)26(13)16(27)22/h2-8,16H,21-22H2,1H3,(H,24,25). The number of aromatic nitrogens is 3. The lowest BCUT2D eigenvalue weighted by Gasteiger charge is -2.37. The number of alkyl halides is 2. The smallest absolute Gasteiger partial charge is 0.330 e. The van der Waals surface area contributed by atoms with Crippen LogP contribution in [0.5, 0.6) is 0 Å². The monoisotopic (exact) mass is 375 g/mol. The van der Waals surface area contributed by atoms with E-state index in [1.54, 1.807) is 13.0 Å². The Morgan fingerprint density at radius 3 is 2.48 bits per heavy atom. The van der Waals surface area contributed by atoms with E-state index in [4.69, 9.17) is 11.5 Å². The molecule has 1 aromatic carbocycles. The van der Waals surface area contributed by atoms with Crippen LogP contribution in [0, 0.1) is 12.7 Å². The van der Waals surface area contributed by atoms with Gasteiger partial charge < -0.3 is 5.73 Å². The van der Waals surface area contributed by atoms with Gasteiger partial charge in [-0.1, -0.05) is 0 Å². The van der Waals surface area contributed by atoms with Crippen molar-refractivity contribution in [1.82, 2.24) is 14.8 Å². The molecule has 0 bridgehead atoms. The number of fused-ring (bicyclic) bond motifs is 1. The number of hydrogen-bond donors (Lipinski definition) is 3. The van der Waals surface area contributed by atoms with Crippen LogP contribution < -0.4 is 16.4 Å². The zero-order valence-electron chi connectivity index (χ0n) is 14.2. The summed E-state index contributed by atoms with van der Waals surface area (Å²) in [5.41, 5.74) is 12.4. The van der Waals surface area contributed by atoms with Gasteiger partial charge in [0.2, 0.25) is 0 Å². The summed E-state index contributed by atoms with van der Waals surface area (Å²) in [6.45, 7) is 1.73. The van der Waals surface area contributed by atoms with Gasteiger partial charge >= 0.3 is 5.92 Å². The highest BCUT2D eigenvalue weighted by Gasteiger charge is 2.47. The number of rotatable bonds is 3. The fraction of sp³-hybridized carbons (Fsp3) is 0.176. The SMILES string of the molecule is Cc1cc(N2C(C(F)(F)c3ccc(F)cc3)=Nc3ccc(N)n3C2N)n[nH]1. The van der Waals surface area contributed by atoms with E-state index >= 15 is 8.78 Å². The molecule has 2 aromatic heterocycles. The van der Waals surface area contributed by atoms with E-state index in [1.807, 2.05) is 0 Å². The van der Waals surface area contributed by atoms with Gasteiger partial charge in [0, 0.05) is 17.3 Å². The molecule has 1 aliphatic rings. The van der Waals surface area contributed by atoms with E-state index < -0.39 is 29.4 Å². The molecule has 0 spiro atoms. The first kappa shape index (κ1) is 17.2. The van der Waals surface area contributed by atoms with Crippen LogP contribution in [0.4, 0.5) is 30.6 Å². The Labute approximate surface area is 152 Å². The van der Waals surface area contributed by atoms with Gasteiger partial charge in [0.25, 0.3) is 0 Å². The minimum absolute atomic E-state index is 0.166. The van der Waals surface area contributed by atoms with Crippen molar-refractivity contribution in [3.63, 3.8) is 0 Å². The Morgan fingerprint density at radius 2 is 1.85 bits per heavy atom. The summed E-state index contributed by atoms with van der Waals surface area (Å²) in [4.78, 5) is 5.21. The fourth-order valence-electron chi connectivity index (χ4n) is 3.02. The molecule has 4 rings (SSSR count). The van der Waals surface area contributed by atoms with Crippen molar-refractivity contribution in [2.24, 2.45) is 10.7 Å². The van der Waals surface area contributed by atoms with Gasteiger partial charge in [0.05, 0.1) is 0 Å². The summed E-state index contributed by atoms with van der Waals surface area (Å²) < 4.78 is 45.3. The average molecular weight is 375 g/mol. The molecular formula is C17H16F3N7. The zero-order chi connectivity index (χ0) is 19.3. The predicted molar refractivity (Wildman–Crippen MR) is 95.3 cm³/mol. The molecule has 0 radical (unpaired) electrons. The van der Waals surface area contributed by atoms with E-state index in [0.29, 0.717) is 5.69 Å². The van der Waals surface area contributed by atoms with Crippen molar-refractivity contribution in [2.75, 3.05) is 10.6 Å². The molecule has 3 aromatic rings. The van der Waals surface area contributed by atoms with Crippen LogP contribution in [-0.2, 0) is 5.92 Å². The molecule has 0 amide bonds. The van der Waals surface area contributed by atoms with E-state index in [9.17, 15) is 4.39 Å². The third-order valence-corrected chi connectivity index (χ3v) is 4.33. The van der Waals surface area contributed by atoms with Crippen molar-refractivity contribution >= 4 is 23.3 Å². The normalized spacial score (nSPS) is 17.0. The number of aromatic amines is 1. The van der Waals surface area contributed by atoms with Crippen LogP contribution in [0.25, 0.3) is 0 Å². The number of aliphatic imine (C=N–C) groups is 1. The molecule has 0 saturated heterocycles. The molecule has 3 heterocycles. The summed E-state index contributed by atoms with van der Waals surface area (Å²) in [6.07, 6.45) is -1.09. The number of aryl methyl sites for hydroxylation is 1. The summed E-state index contributed by atoms with van der Waals surface area (Å²) in [6, 6.07) is 8.57. The maximum atomic E-state index is 15.4. The Morgan fingerprint density at radius 1 is 1.15 bits per heavy atom. The Balaban J connectivity index is 1.91. The van der Waals surface area contributed by atoms with Crippen LogP contribution in [-0.4, -0.2) is 20.6 Å². The van der Waals surface area contributed by atoms with Gasteiger partial charge in [-0.3, -0.25) is 20.3 Å². The molecular weight excluding hydrogens is 359 g/mol. The summed E-state index contributed by atoms with van der Waals surface area (Å²) in [7, 11) is 0. The Kier molecular flexibility index (Phi) is 3.74. The van der Waals surface area contributed by atoms with Gasteiger partial charge in [-0.25, -0.2) is 9.38 Å². The summed E-state index contributed by atoms with van der Waals surface area (Å²) in [5.74, 6) is -4.15. The quantitative estimate of drug-likeness (QED) is 0.655. The molecule has 0 saturated carbocycles. The van der Waals surface area contributed by atoms with Gasteiger partial charge in [0.15, 0.2) is 17.9 Å². The first-order chi connectivity index (χ1) is 12.8. The predicted octanol–water partition coefficient (Wildman–Crippen LogP) is 3.00. The largest absolute Gasteiger partial charge is 0.385 e. The molecule has 0 aliphatic carbocycles. The highest BCUT2D eigenvalue weighted by atomic mass is 19.3. The molecule has 0 fully saturated rings. The number of nitrogen functional groups attached to an aromatic ring is 1. The molecule has 140 valence electrons. The van der Waals surface area contributed by atoms with Crippen molar-refractivity contribution in [2.45, 2.75) is 19.1 Å². The van der Waals surface area contributed by atoms with E-state index in [-0.39, 0.29) is 17.5 Å². The number of anilines is 2. The van der Waals surface area contributed by atoms with Crippen molar-refractivity contribution in [3.05, 3.63) is 59.5 Å². The molecule has 5 N–H and O–H groups in total. The molecule has 1 unspecified atom stereocenters. The number of nitrogens with two attached hydrogens (primary N) is 2.